The van der Waals surface area contributed by atoms with E-state index in [1.165, 1.54) is 52.4 Å². The summed E-state index contributed by atoms with van der Waals surface area (Å²) in [4.78, 5) is 29.0. The summed E-state index contributed by atoms with van der Waals surface area (Å²) in [5, 5.41) is 7.97. The number of thiazole rings is 1. The summed E-state index contributed by atoms with van der Waals surface area (Å²) in [6.07, 6.45) is 0. The Morgan fingerprint density at radius 1 is 1.06 bits per heavy atom. The van der Waals surface area contributed by atoms with Crippen LogP contribution in [-0.2, 0) is 10.0 Å². The van der Waals surface area contributed by atoms with E-state index < -0.39 is 21.6 Å². The number of nitrogens with zero attached hydrogens (tertiary/aromatic N) is 3. The Labute approximate surface area is 191 Å². The van der Waals surface area contributed by atoms with Crippen LogP contribution in [0, 0.1) is 13.8 Å². The maximum atomic E-state index is 12.8. The molecule has 2 aromatic carbocycles. The summed E-state index contributed by atoms with van der Waals surface area (Å²) in [5.41, 5.74) is 1.31. The molecule has 2 amide bonds. The van der Waals surface area contributed by atoms with E-state index in [1.54, 1.807) is 19.1 Å². The summed E-state index contributed by atoms with van der Waals surface area (Å²) in [6, 6.07) is 10.7. The molecule has 0 radical (unpaired) electrons. The van der Waals surface area contributed by atoms with Gasteiger partial charge in [0.15, 0.2) is 5.52 Å². The first-order chi connectivity index (χ1) is 15.1. The molecule has 9 nitrogen and oxygen atoms in total. The molecule has 0 bridgehead atoms. The number of hydrogen-bond acceptors (Lipinski definition) is 7. The van der Waals surface area contributed by atoms with Gasteiger partial charge in [0, 0.05) is 10.7 Å². The van der Waals surface area contributed by atoms with Crippen LogP contribution in [0.4, 0.5) is 10.5 Å². The zero-order chi connectivity index (χ0) is 23.0. The highest BCUT2D eigenvalue weighted by molar-refractivity contribution is 7.90. The van der Waals surface area contributed by atoms with E-state index in [4.69, 9.17) is 11.6 Å². The number of nitrogens with one attached hydrogen (secondary N) is 2. The van der Waals surface area contributed by atoms with Crippen molar-refractivity contribution in [3.8, 4) is 5.69 Å². The molecule has 0 fully saturated rings. The van der Waals surface area contributed by atoms with Crippen LogP contribution in [0.1, 0.15) is 10.7 Å². The first-order valence-electron chi connectivity index (χ1n) is 9.21. The third-order valence-electron chi connectivity index (χ3n) is 4.43. The van der Waals surface area contributed by atoms with Crippen molar-refractivity contribution in [1.82, 2.24) is 19.5 Å². The van der Waals surface area contributed by atoms with Crippen molar-refractivity contribution in [3.63, 3.8) is 0 Å². The third-order valence-corrected chi connectivity index (χ3v) is 7.11. The number of hydrogen-bond donors (Lipinski definition) is 2. The van der Waals surface area contributed by atoms with Crippen LogP contribution in [-0.4, -0.2) is 29.2 Å². The molecule has 0 spiro atoms. The lowest BCUT2D eigenvalue weighted by Crippen LogP contribution is -2.34. The van der Waals surface area contributed by atoms with E-state index in [9.17, 15) is 18.0 Å². The summed E-state index contributed by atoms with van der Waals surface area (Å²) < 4.78 is 28.9. The molecule has 0 saturated heterocycles. The Morgan fingerprint density at radius 2 is 1.72 bits per heavy atom. The van der Waals surface area contributed by atoms with Gasteiger partial charge < -0.3 is 5.32 Å². The number of anilines is 1. The lowest BCUT2D eigenvalue weighted by Gasteiger charge is -2.10. The highest BCUT2D eigenvalue weighted by Gasteiger charge is 2.19. The first kappa shape index (κ1) is 21.9. The molecule has 2 N–H and O–H groups in total. The molecule has 0 aliphatic carbocycles. The van der Waals surface area contributed by atoms with Crippen LogP contribution in [0.5, 0.6) is 0 Å². The Kier molecular flexibility index (Phi) is 5.71. The summed E-state index contributed by atoms with van der Waals surface area (Å²) in [7, 11) is -4.14. The predicted molar refractivity (Wildman–Crippen MR) is 123 cm³/mol. The molecule has 0 unspecified atom stereocenters. The fourth-order valence-electron chi connectivity index (χ4n) is 2.97. The maximum Gasteiger partial charge on any atom is 0.333 e. The monoisotopic (exact) mass is 489 g/mol. The van der Waals surface area contributed by atoms with Crippen molar-refractivity contribution in [3.05, 3.63) is 74.6 Å². The van der Waals surface area contributed by atoms with E-state index >= 15 is 0 Å². The molecular weight excluding hydrogens is 474 g/mol. The third kappa shape index (κ3) is 4.35. The zero-order valence-corrected chi connectivity index (χ0v) is 19.2. The number of aryl methyl sites for hydroxylation is 2. The smallest absolute Gasteiger partial charge is 0.307 e. The Hall–Kier alpha value is -3.28. The molecule has 0 aliphatic rings. The molecule has 4 aromatic rings. The van der Waals surface area contributed by atoms with Gasteiger partial charge in [0.05, 0.1) is 26.0 Å². The lowest BCUT2D eigenvalue weighted by atomic mass is 10.3. The largest absolute Gasteiger partial charge is 0.333 e. The van der Waals surface area contributed by atoms with Crippen LogP contribution in [0.15, 0.2) is 58.2 Å². The number of sulfonamides is 1. The molecule has 32 heavy (non-hydrogen) atoms. The molecule has 2 aromatic heterocycles. The van der Waals surface area contributed by atoms with E-state index in [-0.39, 0.29) is 4.90 Å². The minimum Gasteiger partial charge on any atom is -0.307 e. The second-order valence-corrected chi connectivity index (χ2v) is 10.1. The van der Waals surface area contributed by atoms with Gasteiger partial charge in [-0.2, -0.15) is 9.78 Å². The molecule has 2 heterocycles. The minimum absolute atomic E-state index is 0.150. The van der Waals surface area contributed by atoms with E-state index in [0.717, 1.165) is 9.71 Å². The molecule has 0 aliphatic heterocycles. The highest BCUT2D eigenvalue weighted by Crippen LogP contribution is 2.22. The molecule has 0 atom stereocenters. The molecule has 0 saturated carbocycles. The number of benzene rings is 2. The number of carbonyl (C=O) groups is 1. The van der Waals surface area contributed by atoms with Gasteiger partial charge >= 0.3 is 6.03 Å². The van der Waals surface area contributed by atoms with Crippen molar-refractivity contribution in [2.24, 2.45) is 0 Å². The van der Waals surface area contributed by atoms with Crippen LogP contribution in [0.2, 0.25) is 5.02 Å². The second-order valence-electron chi connectivity index (χ2n) is 6.77. The van der Waals surface area contributed by atoms with Crippen molar-refractivity contribution in [2.45, 2.75) is 18.7 Å². The van der Waals surface area contributed by atoms with Gasteiger partial charge in [-0.3, -0.25) is 4.79 Å². The quantitative estimate of drug-likeness (QED) is 0.451. The van der Waals surface area contributed by atoms with Crippen molar-refractivity contribution < 1.29 is 13.2 Å². The standard InChI is InChI=1S/C20H16ClN5O4S2/c1-11-18-17(22-12(2)31-18)19(27)26(24-11)15-7-9-16(10-8-15)32(29,30)25-20(28)23-14-5-3-13(21)4-6-14/h3-10H,1-2H3,(H2,23,25,28). The van der Waals surface area contributed by atoms with Gasteiger partial charge in [-0.25, -0.2) is 22.9 Å². The van der Waals surface area contributed by atoms with Crippen LogP contribution in [0.3, 0.4) is 0 Å². The van der Waals surface area contributed by atoms with Crippen molar-refractivity contribution in [1.29, 1.82) is 0 Å². The number of urea groups is 1. The number of rotatable bonds is 4. The molecule has 164 valence electrons. The fraction of sp³-hybridized carbons (Fsp3) is 0.100. The van der Waals surface area contributed by atoms with Crippen molar-refractivity contribution in [2.75, 3.05) is 5.32 Å². The summed E-state index contributed by atoms with van der Waals surface area (Å²) in [5.74, 6) is 0. The summed E-state index contributed by atoms with van der Waals surface area (Å²) in [6.45, 7) is 3.58. The van der Waals surface area contributed by atoms with Gasteiger partial charge in [0.25, 0.3) is 15.6 Å². The average molecular weight is 490 g/mol. The highest BCUT2D eigenvalue weighted by atomic mass is 35.5. The van der Waals surface area contributed by atoms with Gasteiger partial charge in [-0.1, -0.05) is 11.6 Å². The Morgan fingerprint density at radius 3 is 2.38 bits per heavy atom. The van der Waals surface area contributed by atoms with E-state index in [2.05, 4.69) is 15.4 Å². The Bertz CT molecular complexity index is 1490. The average Bonchev–Trinajstić information content (AvgIpc) is 3.15. The maximum absolute atomic E-state index is 12.8. The first-order valence-corrected chi connectivity index (χ1v) is 11.9. The number of halogens is 1. The number of carbonyl (C=O) groups excluding carboxylic acids is 1. The minimum atomic E-state index is -4.14. The predicted octanol–water partition coefficient (Wildman–Crippen LogP) is 3.62. The summed E-state index contributed by atoms with van der Waals surface area (Å²) >= 11 is 7.18. The number of amides is 2. The number of fused-ring (bicyclic) bond motifs is 1. The fourth-order valence-corrected chi connectivity index (χ4v) is 4.85. The van der Waals surface area contributed by atoms with E-state index in [1.807, 2.05) is 11.6 Å². The van der Waals surface area contributed by atoms with E-state index in [0.29, 0.717) is 27.6 Å². The van der Waals surface area contributed by atoms with Gasteiger partial charge in [0.1, 0.15) is 0 Å². The second kappa shape index (κ2) is 8.34. The number of aromatic nitrogens is 3. The van der Waals surface area contributed by atoms with Crippen molar-refractivity contribution >= 4 is 54.9 Å². The topological polar surface area (TPSA) is 123 Å². The SMILES string of the molecule is Cc1nc2c(=O)n(-c3ccc(S(=O)(=O)NC(=O)Nc4ccc(Cl)cc4)cc3)nc(C)c2s1. The molecule has 4 rings (SSSR count). The van der Waals surface area contributed by atoms with Crippen LogP contribution in [0.25, 0.3) is 15.9 Å². The zero-order valence-electron chi connectivity index (χ0n) is 16.8. The van der Waals surface area contributed by atoms with Gasteiger partial charge in [-0.15, -0.1) is 11.3 Å². The van der Waals surface area contributed by atoms with Gasteiger partial charge in [0.2, 0.25) is 0 Å². The van der Waals surface area contributed by atoms with Crippen LogP contribution >= 0.6 is 22.9 Å². The van der Waals surface area contributed by atoms with Crippen LogP contribution < -0.4 is 15.6 Å². The normalized spacial score (nSPS) is 11.5. The molecular formula is C20H16ClN5O4S2. The Balaban J connectivity index is 1.57. The lowest BCUT2D eigenvalue weighted by molar-refractivity contribution is 0.256. The van der Waals surface area contributed by atoms with Gasteiger partial charge in [-0.05, 0) is 62.4 Å². The molecule has 12 heteroatoms.